The molecule has 0 aliphatic carbocycles. The molecule has 0 aromatic carbocycles. The number of rotatable bonds is 2. The largest absolute Gasteiger partial charge is 0.364 e. The minimum Gasteiger partial charge on any atom is -0.364 e. The van der Waals surface area contributed by atoms with E-state index in [2.05, 4.69) is 10.9 Å². The maximum absolute atomic E-state index is 10.9. The lowest BCUT2D eigenvalue weighted by Crippen LogP contribution is -2.61. The number of primary amides is 1. The van der Waals surface area contributed by atoms with Gasteiger partial charge in [-0.1, -0.05) is 0 Å². The van der Waals surface area contributed by atoms with Gasteiger partial charge in [0.1, 0.15) is 0 Å². The van der Waals surface area contributed by atoms with Gasteiger partial charge in [0.05, 0.1) is 0 Å². The second-order valence-corrected chi connectivity index (χ2v) is 2.33. The molecule has 7 nitrogen and oxygen atoms in total. The van der Waals surface area contributed by atoms with Crippen LogP contribution in [0.25, 0.3) is 0 Å². The van der Waals surface area contributed by atoms with Gasteiger partial charge in [-0.25, -0.2) is 4.79 Å². The highest BCUT2D eigenvalue weighted by molar-refractivity contribution is 5.90. The Morgan fingerprint density at radius 2 is 2.33 bits per heavy atom. The number of hydrogen-bond donors (Lipinski definition) is 3. The number of hydrazine groups is 1. The van der Waals surface area contributed by atoms with Crippen molar-refractivity contribution in [3.63, 3.8) is 0 Å². The van der Waals surface area contributed by atoms with Crippen molar-refractivity contribution in [2.75, 3.05) is 14.2 Å². The highest BCUT2D eigenvalue weighted by atomic mass is 16.5. The third-order valence-corrected chi connectivity index (χ3v) is 1.75. The van der Waals surface area contributed by atoms with E-state index in [-0.39, 0.29) is 0 Å². The number of carbonyl (C=O) groups is 2. The van der Waals surface area contributed by atoms with E-state index in [0.717, 1.165) is 4.90 Å². The molecule has 4 N–H and O–H groups in total. The summed E-state index contributed by atoms with van der Waals surface area (Å²) >= 11 is 0. The average molecular weight is 174 g/mol. The summed E-state index contributed by atoms with van der Waals surface area (Å²) in [7, 11) is 2.66. The molecule has 1 aliphatic heterocycles. The summed E-state index contributed by atoms with van der Waals surface area (Å²) < 4.78 is 4.80. The number of methoxy groups -OCH3 is 1. The number of nitrogens with two attached hydrogens (primary N) is 1. The minimum absolute atomic E-state index is 0.476. The molecule has 0 radical (unpaired) electrons. The lowest BCUT2D eigenvalue weighted by molar-refractivity contribution is -0.160. The third kappa shape index (κ3) is 0.908. The molecular weight excluding hydrogens is 164 g/mol. The van der Waals surface area contributed by atoms with Crippen molar-refractivity contribution in [1.29, 1.82) is 0 Å². The monoisotopic (exact) mass is 174 g/mol. The average Bonchev–Trinajstić information content (AvgIpc) is 2.31. The zero-order valence-corrected chi connectivity index (χ0v) is 6.75. The molecule has 1 fully saturated rings. The molecule has 1 rings (SSSR count). The maximum Gasteiger partial charge on any atom is 0.335 e. The van der Waals surface area contributed by atoms with Crippen molar-refractivity contribution in [3.8, 4) is 0 Å². The molecule has 1 atom stereocenters. The summed E-state index contributed by atoms with van der Waals surface area (Å²) in [5.41, 5.74) is 9.59. The first-order valence-corrected chi connectivity index (χ1v) is 3.20. The molecule has 0 aromatic heterocycles. The number of carbonyl (C=O) groups excluding carboxylic acids is 2. The van der Waals surface area contributed by atoms with E-state index in [1.54, 1.807) is 0 Å². The Hall–Kier alpha value is -1.34. The van der Waals surface area contributed by atoms with Crippen molar-refractivity contribution >= 4 is 11.9 Å². The zero-order chi connectivity index (χ0) is 9.35. The Kier molecular flexibility index (Phi) is 1.90. The van der Waals surface area contributed by atoms with Crippen LogP contribution in [0.4, 0.5) is 4.79 Å². The second kappa shape index (κ2) is 2.61. The first kappa shape index (κ1) is 8.75. The van der Waals surface area contributed by atoms with Crippen LogP contribution in [0.2, 0.25) is 0 Å². The Morgan fingerprint density at radius 3 is 2.50 bits per heavy atom. The van der Waals surface area contributed by atoms with Crippen LogP contribution in [0, 0.1) is 0 Å². The van der Waals surface area contributed by atoms with Crippen LogP contribution in [-0.4, -0.2) is 36.8 Å². The first-order valence-electron chi connectivity index (χ1n) is 3.20. The van der Waals surface area contributed by atoms with E-state index >= 15 is 0 Å². The highest BCUT2D eigenvalue weighted by Gasteiger charge is 2.49. The minimum atomic E-state index is -1.57. The SMILES string of the molecule is COC1(C(N)=O)NNC(=O)N1C. The molecule has 1 heterocycles. The molecular formula is C5H10N4O3. The Balaban J connectivity index is 2.95. The standard InChI is InChI=1S/C5H10N4O3/c1-9-4(11)7-8-5(9,12-2)3(6)10/h8H,1-2H3,(H2,6,10)(H,7,11). The smallest absolute Gasteiger partial charge is 0.335 e. The zero-order valence-electron chi connectivity index (χ0n) is 6.75. The molecule has 1 saturated heterocycles. The van der Waals surface area contributed by atoms with Gasteiger partial charge in [-0.15, -0.1) is 0 Å². The predicted molar refractivity (Wildman–Crippen MR) is 38.4 cm³/mol. The van der Waals surface area contributed by atoms with E-state index in [1.807, 2.05) is 0 Å². The van der Waals surface area contributed by atoms with Crippen molar-refractivity contribution in [1.82, 2.24) is 15.8 Å². The van der Waals surface area contributed by atoms with Crippen molar-refractivity contribution in [3.05, 3.63) is 0 Å². The van der Waals surface area contributed by atoms with Gasteiger partial charge in [0.25, 0.3) is 5.91 Å². The number of urea groups is 1. The molecule has 0 bridgehead atoms. The second-order valence-electron chi connectivity index (χ2n) is 2.33. The Bertz CT molecular complexity index is 231. The molecule has 0 aromatic rings. The van der Waals surface area contributed by atoms with Crippen LogP contribution in [0.3, 0.4) is 0 Å². The number of hydrogen-bond acceptors (Lipinski definition) is 4. The number of likely N-dealkylation sites (N-methyl/N-ethyl adjacent to an activating group) is 1. The Labute approximate surface area is 68.8 Å². The molecule has 7 heteroatoms. The lowest BCUT2D eigenvalue weighted by atomic mass is 10.4. The summed E-state index contributed by atoms with van der Waals surface area (Å²) in [6.45, 7) is 0. The van der Waals surface area contributed by atoms with Gasteiger partial charge in [-0.3, -0.25) is 15.1 Å². The van der Waals surface area contributed by atoms with E-state index in [1.165, 1.54) is 14.2 Å². The van der Waals surface area contributed by atoms with Crippen molar-refractivity contribution in [2.45, 2.75) is 5.85 Å². The molecule has 1 unspecified atom stereocenters. The number of amides is 3. The topological polar surface area (TPSA) is 96.7 Å². The summed E-state index contributed by atoms with van der Waals surface area (Å²) in [4.78, 5) is 22.9. The molecule has 3 amide bonds. The summed E-state index contributed by atoms with van der Waals surface area (Å²) in [5.74, 6) is -2.36. The van der Waals surface area contributed by atoms with Gasteiger partial charge in [0, 0.05) is 14.2 Å². The fraction of sp³-hybridized carbons (Fsp3) is 0.600. The van der Waals surface area contributed by atoms with Gasteiger partial charge >= 0.3 is 11.9 Å². The van der Waals surface area contributed by atoms with Gasteiger partial charge in [0.2, 0.25) is 0 Å². The van der Waals surface area contributed by atoms with Gasteiger partial charge in [0.15, 0.2) is 0 Å². The fourth-order valence-electron chi connectivity index (χ4n) is 0.964. The normalized spacial score (nSPS) is 28.8. The van der Waals surface area contributed by atoms with E-state index in [4.69, 9.17) is 10.5 Å². The summed E-state index contributed by atoms with van der Waals surface area (Å²) in [6, 6.07) is -0.476. The van der Waals surface area contributed by atoms with Crippen LogP contribution in [0.5, 0.6) is 0 Å². The van der Waals surface area contributed by atoms with Crippen LogP contribution in [0.1, 0.15) is 0 Å². The van der Waals surface area contributed by atoms with Crippen LogP contribution in [-0.2, 0) is 9.53 Å². The summed E-state index contributed by atoms with van der Waals surface area (Å²) in [6.07, 6.45) is 0. The van der Waals surface area contributed by atoms with Gasteiger partial charge in [-0.05, 0) is 0 Å². The number of ether oxygens (including phenoxy) is 1. The third-order valence-electron chi connectivity index (χ3n) is 1.75. The van der Waals surface area contributed by atoms with E-state index in [9.17, 15) is 9.59 Å². The summed E-state index contributed by atoms with van der Waals surface area (Å²) in [5, 5.41) is 0. The predicted octanol–water partition coefficient (Wildman–Crippen LogP) is -2.07. The quantitative estimate of drug-likeness (QED) is 0.448. The van der Waals surface area contributed by atoms with Crippen molar-refractivity contribution < 1.29 is 14.3 Å². The fourth-order valence-corrected chi connectivity index (χ4v) is 0.964. The van der Waals surface area contributed by atoms with Crippen LogP contribution >= 0.6 is 0 Å². The number of nitrogens with one attached hydrogen (secondary N) is 2. The van der Waals surface area contributed by atoms with E-state index in [0.29, 0.717) is 0 Å². The van der Waals surface area contributed by atoms with Crippen LogP contribution in [0.15, 0.2) is 0 Å². The number of nitrogens with zero attached hydrogens (tertiary/aromatic N) is 1. The molecule has 12 heavy (non-hydrogen) atoms. The van der Waals surface area contributed by atoms with Crippen LogP contribution < -0.4 is 16.6 Å². The maximum atomic E-state index is 10.9. The van der Waals surface area contributed by atoms with E-state index < -0.39 is 17.8 Å². The van der Waals surface area contributed by atoms with Gasteiger partial charge in [-0.2, -0.15) is 5.43 Å². The first-order chi connectivity index (χ1) is 5.54. The Morgan fingerprint density at radius 1 is 1.75 bits per heavy atom. The van der Waals surface area contributed by atoms with Gasteiger partial charge < -0.3 is 10.5 Å². The molecule has 0 saturated carbocycles. The molecule has 0 spiro atoms. The van der Waals surface area contributed by atoms with Crippen molar-refractivity contribution in [2.24, 2.45) is 5.73 Å². The molecule has 68 valence electrons. The lowest BCUT2D eigenvalue weighted by Gasteiger charge is -2.28. The highest BCUT2D eigenvalue weighted by Crippen LogP contribution is 2.13. The molecule has 1 aliphatic rings.